The lowest BCUT2D eigenvalue weighted by molar-refractivity contribution is 0.294. The summed E-state index contributed by atoms with van der Waals surface area (Å²) in [7, 11) is -3.56. The molecule has 1 fully saturated rings. The molecule has 3 N–H and O–H groups in total. The van der Waals surface area contributed by atoms with E-state index in [-0.39, 0.29) is 6.04 Å². The molecule has 0 aromatic heterocycles. The van der Waals surface area contributed by atoms with Crippen LogP contribution >= 0.6 is 0 Å². The van der Waals surface area contributed by atoms with Gasteiger partial charge in [-0.25, -0.2) is 13.1 Å². The van der Waals surface area contributed by atoms with E-state index in [0.717, 1.165) is 25.7 Å². The Bertz CT molecular complexity index is 369. The quantitative estimate of drug-likeness (QED) is 0.760. The van der Waals surface area contributed by atoms with Gasteiger partial charge in [0.25, 0.3) is 0 Å². The zero-order chi connectivity index (χ0) is 12.9. The second kappa shape index (κ2) is 6.34. The fourth-order valence-corrected chi connectivity index (χ4v) is 3.31. The summed E-state index contributed by atoms with van der Waals surface area (Å²) in [6.45, 7) is 1.68. The SMILES string of the molecule is CC(C#N)S(=O)(=O)NC(CN)C1CCCCC1. The van der Waals surface area contributed by atoms with Crippen LogP contribution in [-0.2, 0) is 10.0 Å². The average molecular weight is 259 g/mol. The van der Waals surface area contributed by atoms with Crippen LogP contribution in [0.2, 0.25) is 0 Å². The molecule has 0 amide bonds. The molecule has 1 saturated carbocycles. The van der Waals surface area contributed by atoms with Crippen molar-refractivity contribution in [3.8, 4) is 6.07 Å². The third kappa shape index (κ3) is 3.95. The van der Waals surface area contributed by atoms with Crippen LogP contribution in [0.1, 0.15) is 39.0 Å². The summed E-state index contributed by atoms with van der Waals surface area (Å²) in [4.78, 5) is 0. The Kier molecular flexibility index (Phi) is 5.37. The van der Waals surface area contributed by atoms with Crippen molar-refractivity contribution < 1.29 is 8.42 Å². The maximum absolute atomic E-state index is 11.8. The van der Waals surface area contributed by atoms with Crippen LogP contribution < -0.4 is 10.5 Å². The first-order chi connectivity index (χ1) is 8.01. The number of rotatable bonds is 5. The summed E-state index contributed by atoms with van der Waals surface area (Å²) in [5.74, 6) is 0.314. The minimum absolute atomic E-state index is 0.226. The van der Waals surface area contributed by atoms with Gasteiger partial charge in [-0.2, -0.15) is 5.26 Å². The molecule has 1 aliphatic rings. The maximum atomic E-state index is 11.8. The smallest absolute Gasteiger partial charge is 0.227 e. The predicted molar refractivity (Wildman–Crippen MR) is 66.5 cm³/mol. The molecule has 2 unspecified atom stereocenters. The highest BCUT2D eigenvalue weighted by Crippen LogP contribution is 2.26. The number of nitrogens with two attached hydrogens (primary N) is 1. The molecule has 0 aliphatic heterocycles. The molecular weight excluding hydrogens is 238 g/mol. The fourth-order valence-electron chi connectivity index (χ4n) is 2.26. The highest BCUT2D eigenvalue weighted by Gasteiger charge is 2.29. The maximum Gasteiger partial charge on any atom is 0.227 e. The molecule has 0 spiro atoms. The van der Waals surface area contributed by atoms with Gasteiger partial charge in [0, 0.05) is 12.6 Å². The number of hydrogen-bond acceptors (Lipinski definition) is 4. The van der Waals surface area contributed by atoms with Gasteiger partial charge in [0.05, 0.1) is 6.07 Å². The lowest BCUT2D eigenvalue weighted by Gasteiger charge is -2.30. The van der Waals surface area contributed by atoms with Crippen LogP contribution in [0.25, 0.3) is 0 Å². The molecule has 0 saturated heterocycles. The van der Waals surface area contributed by atoms with E-state index in [1.54, 1.807) is 6.07 Å². The molecule has 5 nitrogen and oxygen atoms in total. The molecule has 0 bridgehead atoms. The van der Waals surface area contributed by atoms with E-state index in [9.17, 15) is 8.42 Å². The van der Waals surface area contributed by atoms with E-state index in [1.807, 2.05) is 0 Å². The largest absolute Gasteiger partial charge is 0.329 e. The van der Waals surface area contributed by atoms with E-state index in [2.05, 4.69) is 4.72 Å². The Morgan fingerprint density at radius 2 is 2.00 bits per heavy atom. The summed E-state index contributed by atoms with van der Waals surface area (Å²) in [5.41, 5.74) is 5.64. The fraction of sp³-hybridized carbons (Fsp3) is 0.909. The Labute approximate surface area is 103 Å². The first kappa shape index (κ1) is 14.4. The second-order valence-corrected chi connectivity index (χ2v) is 6.71. The standard InChI is InChI=1S/C11H21N3O2S/c1-9(7-12)17(15,16)14-11(8-13)10-5-3-2-4-6-10/h9-11,14H,2-6,8,13H2,1H3. The van der Waals surface area contributed by atoms with Gasteiger partial charge in [0.2, 0.25) is 10.0 Å². The van der Waals surface area contributed by atoms with Crippen molar-refractivity contribution >= 4 is 10.0 Å². The number of nitriles is 1. The van der Waals surface area contributed by atoms with Gasteiger partial charge in [-0.15, -0.1) is 0 Å². The van der Waals surface area contributed by atoms with Crippen molar-refractivity contribution in [1.82, 2.24) is 4.72 Å². The van der Waals surface area contributed by atoms with Crippen molar-refractivity contribution in [1.29, 1.82) is 5.26 Å². The summed E-state index contributed by atoms with van der Waals surface area (Å²) < 4.78 is 26.2. The first-order valence-electron chi connectivity index (χ1n) is 6.12. The zero-order valence-corrected chi connectivity index (χ0v) is 11.0. The summed E-state index contributed by atoms with van der Waals surface area (Å²) in [6, 6.07) is 1.52. The number of sulfonamides is 1. The third-order valence-corrected chi connectivity index (χ3v) is 5.10. The van der Waals surface area contributed by atoms with Gasteiger partial charge in [-0.3, -0.25) is 0 Å². The highest BCUT2D eigenvalue weighted by molar-refractivity contribution is 7.90. The van der Waals surface area contributed by atoms with E-state index < -0.39 is 15.3 Å². The van der Waals surface area contributed by atoms with E-state index >= 15 is 0 Å². The van der Waals surface area contributed by atoms with Gasteiger partial charge in [0.1, 0.15) is 0 Å². The zero-order valence-electron chi connectivity index (χ0n) is 10.2. The van der Waals surface area contributed by atoms with Crippen molar-refractivity contribution in [3.05, 3.63) is 0 Å². The van der Waals surface area contributed by atoms with Crippen molar-refractivity contribution in [2.75, 3.05) is 6.54 Å². The Morgan fingerprint density at radius 1 is 1.41 bits per heavy atom. The van der Waals surface area contributed by atoms with E-state index in [4.69, 9.17) is 11.0 Å². The molecule has 0 heterocycles. The van der Waals surface area contributed by atoms with Crippen LogP contribution in [0.3, 0.4) is 0 Å². The molecule has 17 heavy (non-hydrogen) atoms. The Morgan fingerprint density at radius 3 is 2.47 bits per heavy atom. The molecule has 6 heteroatoms. The molecule has 0 radical (unpaired) electrons. The summed E-state index contributed by atoms with van der Waals surface area (Å²) in [6.07, 6.45) is 5.53. The van der Waals surface area contributed by atoms with Crippen LogP contribution in [0.4, 0.5) is 0 Å². The van der Waals surface area contributed by atoms with E-state index in [1.165, 1.54) is 13.3 Å². The predicted octanol–water partition coefficient (Wildman–Crippen LogP) is 0.725. The Hall–Kier alpha value is -0.640. The van der Waals surface area contributed by atoms with Crippen LogP contribution in [0.15, 0.2) is 0 Å². The van der Waals surface area contributed by atoms with Gasteiger partial charge in [-0.05, 0) is 25.7 Å². The average Bonchev–Trinajstić information content (AvgIpc) is 2.36. The highest BCUT2D eigenvalue weighted by atomic mass is 32.2. The van der Waals surface area contributed by atoms with Crippen molar-refractivity contribution in [3.63, 3.8) is 0 Å². The van der Waals surface area contributed by atoms with Gasteiger partial charge < -0.3 is 5.73 Å². The minimum Gasteiger partial charge on any atom is -0.329 e. The monoisotopic (exact) mass is 259 g/mol. The second-order valence-electron chi connectivity index (χ2n) is 4.67. The third-order valence-electron chi connectivity index (χ3n) is 3.44. The van der Waals surface area contributed by atoms with Crippen LogP contribution in [0, 0.1) is 17.2 Å². The number of hydrogen-bond donors (Lipinski definition) is 2. The molecular formula is C11H21N3O2S. The van der Waals surface area contributed by atoms with Crippen molar-refractivity contribution in [2.45, 2.75) is 50.3 Å². The van der Waals surface area contributed by atoms with Gasteiger partial charge in [0.15, 0.2) is 5.25 Å². The molecule has 1 rings (SSSR count). The van der Waals surface area contributed by atoms with Crippen LogP contribution in [0.5, 0.6) is 0 Å². The lowest BCUT2D eigenvalue weighted by Crippen LogP contribution is -2.48. The Balaban J connectivity index is 2.66. The lowest BCUT2D eigenvalue weighted by atomic mass is 9.84. The van der Waals surface area contributed by atoms with Crippen LogP contribution in [-0.4, -0.2) is 26.3 Å². The van der Waals surface area contributed by atoms with Gasteiger partial charge >= 0.3 is 0 Å². The molecule has 0 aromatic carbocycles. The topological polar surface area (TPSA) is 96.0 Å². The molecule has 2 atom stereocenters. The summed E-state index contributed by atoms with van der Waals surface area (Å²) in [5, 5.41) is 7.64. The summed E-state index contributed by atoms with van der Waals surface area (Å²) >= 11 is 0. The minimum atomic E-state index is -3.56. The number of nitrogens with one attached hydrogen (secondary N) is 1. The molecule has 0 aromatic rings. The normalized spacial score (nSPS) is 21.7. The van der Waals surface area contributed by atoms with Crippen molar-refractivity contribution in [2.24, 2.45) is 11.7 Å². The molecule has 1 aliphatic carbocycles. The van der Waals surface area contributed by atoms with E-state index in [0.29, 0.717) is 12.5 Å². The molecule has 98 valence electrons. The van der Waals surface area contributed by atoms with Gasteiger partial charge in [-0.1, -0.05) is 19.3 Å². The first-order valence-corrected chi connectivity index (χ1v) is 7.66. The number of nitrogens with zero attached hydrogens (tertiary/aromatic N) is 1.